The van der Waals surface area contributed by atoms with Gasteiger partial charge >= 0.3 is 5.97 Å². The molecule has 1 aromatic carbocycles. The predicted octanol–water partition coefficient (Wildman–Crippen LogP) is 3.66. The number of ether oxygens (including phenoxy) is 1. The van der Waals surface area contributed by atoms with Gasteiger partial charge in [-0.1, -0.05) is 26.0 Å². The molecule has 19 heavy (non-hydrogen) atoms. The summed E-state index contributed by atoms with van der Waals surface area (Å²) in [5, 5.41) is 0. The molecule has 2 aromatic rings. The Morgan fingerprint density at radius 3 is 2.58 bits per heavy atom. The van der Waals surface area contributed by atoms with Crippen LogP contribution in [0.15, 0.2) is 42.6 Å². The molecule has 0 aliphatic carbocycles. The number of benzene rings is 1. The lowest BCUT2D eigenvalue weighted by molar-refractivity contribution is 0.0601. The first-order valence-corrected chi connectivity index (χ1v) is 6.26. The van der Waals surface area contributed by atoms with Gasteiger partial charge < -0.3 is 4.74 Å². The average molecular weight is 255 g/mol. The van der Waals surface area contributed by atoms with Crippen molar-refractivity contribution in [1.82, 2.24) is 4.98 Å². The SMILES string of the molecule is COC(=O)c1cccc(-c2ccnc(C(C)C)c2)c1. The molecule has 0 N–H and O–H groups in total. The van der Waals surface area contributed by atoms with E-state index in [1.807, 2.05) is 24.3 Å². The second-order valence-corrected chi connectivity index (χ2v) is 4.70. The van der Waals surface area contributed by atoms with Crippen molar-refractivity contribution in [2.75, 3.05) is 7.11 Å². The lowest BCUT2D eigenvalue weighted by Gasteiger charge is -2.08. The summed E-state index contributed by atoms with van der Waals surface area (Å²) in [6, 6.07) is 11.4. The fourth-order valence-corrected chi connectivity index (χ4v) is 1.89. The summed E-state index contributed by atoms with van der Waals surface area (Å²) < 4.78 is 4.74. The van der Waals surface area contributed by atoms with E-state index in [-0.39, 0.29) is 5.97 Å². The van der Waals surface area contributed by atoms with Crippen LogP contribution in [-0.2, 0) is 4.74 Å². The third kappa shape index (κ3) is 2.99. The van der Waals surface area contributed by atoms with Gasteiger partial charge in [0, 0.05) is 11.9 Å². The van der Waals surface area contributed by atoms with Crippen LogP contribution in [-0.4, -0.2) is 18.1 Å². The standard InChI is InChI=1S/C16H17NO2/c1-11(2)15-10-13(7-8-17-15)12-5-4-6-14(9-12)16(18)19-3/h4-11H,1-3H3. The molecule has 1 heterocycles. The van der Waals surface area contributed by atoms with Crippen LogP contribution in [0.25, 0.3) is 11.1 Å². The first-order chi connectivity index (χ1) is 9.11. The second kappa shape index (κ2) is 5.65. The zero-order chi connectivity index (χ0) is 13.8. The second-order valence-electron chi connectivity index (χ2n) is 4.70. The number of carbonyl (C=O) groups excluding carboxylic acids is 1. The molecule has 0 radical (unpaired) electrons. The maximum atomic E-state index is 11.5. The topological polar surface area (TPSA) is 39.2 Å². The van der Waals surface area contributed by atoms with E-state index >= 15 is 0 Å². The summed E-state index contributed by atoms with van der Waals surface area (Å²) in [4.78, 5) is 15.9. The van der Waals surface area contributed by atoms with Crippen molar-refractivity contribution in [1.29, 1.82) is 0 Å². The Kier molecular flexibility index (Phi) is 3.95. The van der Waals surface area contributed by atoms with E-state index in [0.717, 1.165) is 16.8 Å². The first kappa shape index (κ1) is 13.3. The van der Waals surface area contributed by atoms with E-state index < -0.39 is 0 Å². The normalized spacial score (nSPS) is 10.5. The van der Waals surface area contributed by atoms with Crippen molar-refractivity contribution >= 4 is 5.97 Å². The molecule has 0 unspecified atom stereocenters. The maximum Gasteiger partial charge on any atom is 0.337 e. The molecule has 0 saturated heterocycles. The van der Waals surface area contributed by atoms with Crippen LogP contribution in [0.3, 0.4) is 0 Å². The van der Waals surface area contributed by atoms with Gasteiger partial charge in [0.1, 0.15) is 0 Å². The van der Waals surface area contributed by atoms with Crippen molar-refractivity contribution in [3.63, 3.8) is 0 Å². The Labute approximate surface area is 113 Å². The molecular weight excluding hydrogens is 238 g/mol. The number of methoxy groups -OCH3 is 1. The summed E-state index contributed by atoms with van der Waals surface area (Å²) in [6.45, 7) is 4.22. The molecule has 2 rings (SSSR count). The monoisotopic (exact) mass is 255 g/mol. The number of carbonyl (C=O) groups is 1. The Balaban J connectivity index is 2.41. The third-order valence-corrected chi connectivity index (χ3v) is 2.99. The third-order valence-electron chi connectivity index (χ3n) is 2.99. The van der Waals surface area contributed by atoms with Crippen LogP contribution < -0.4 is 0 Å². The number of nitrogens with zero attached hydrogens (tertiary/aromatic N) is 1. The van der Waals surface area contributed by atoms with Gasteiger partial charge in [-0.3, -0.25) is 4.98 Å². The molecule has 0 amide bonds. The first-order valence-electron chi connectivity index (χ1n) is 6.26. The molecule has 0 aliphatic rings. The number of esters is 1. The Morgan fingerprint density at radius 1 is 1.16 bits per heavy atom. The predicted molar refractivity (Wildman–Crippen MR) is 75.1 cm³/mol. The molecule has 98 valence electrons. The van der Waals surface area contributed by atoms with E-state index in [9.17, 15) is 4.79 Å². The molecule has 3 nitrogen and oxygen atoms in total. The smallest absolute Gasteiger partial charge is 0.337 e. The lowest BCUT2D eigenvalue weighted by Crippen LogP contribution is -2.01. The van der Waals surface area contributed by atoms with E-state index in [1.54, 1.807) is 12.3 Å². The average Bonchev–Trinajstić information content (AvgIpc) is 2.46. The van der Waals surface area contributed by atoms with Crippen molar-refractivity contribution in [2.24, 2.45) is 0 Å². The zero-order valence-corrected chi connectivity index (χ0v) is 11.4. The summed E-state index contributed by atoms with van der Waals surface area (Å²) in [6.07, 6.45) is 1.80. The van der Waals surface area contributed by atoms with Crippen LogP contribution in [0, 0.1) is 0 Å². The van der Waals surface area contributed by atoms with Crippen molar-refractivity contribution in [2.45, 2.75) is 19.8 Å². The Bertz CT molecular complexity index is 591. The highest BCUT2D eigenvalue weighted by Crippen LogP contribution is 2.23. The highest BCUT2D eigenvalue weighted by molar-refractivity contribution is 5.90. The van der Waals surface area contributed by atoms with Gasteiger partial charge in [0.05, 0.1) is 12.7 Å². The molecule has 1 aromatic heterocycles. The largest absolute Gasteiger partial charge is 0.465 e. The minimum absolute atomic E-state index is 0.319. The summed E-state index contributed by atoms with van der Waals surface area (Å²) in [7, 11) is 1.39. The molecule has 0 atom stereocenters. The van der Waals surface area contributed by atoms with Crippen LogP contribution >= 0.6 is 0 Å². The fraction of sp³-hybridized carbons (Fsp3) is 0.250. The Hall–Kier alpha value is -2.16. The molecule has 0 bridgehead atoms. The summed E-state index contributed by atoms with van der Waals surface area (Å²) in [5.74, 6) is 0.0590. The summed E-state index contributed by atoms with van der Waals surface area (Å²) in [5.41, 5.74) is 3.65. The minimum atomic E-state index is -0.319. The Morgan fingerprint density at radius 2 is 1.89 bits per heavy atom. The maximum absolute atomic E-state index is 11.5. The van der Waals surface area contributed by atoms with Crippen LogP contribution in [0.1, 0.15) is 35.8 Å². The van der Waals surface area contributed by atoms with Gasteiger partial charge in [-0.25, -0.2) is 4.79 Å². The highest BCUT2D eigenvalue weighted by Gasteiger charge is 2.08. The summed E-state index contributed by atoms with van der Waals surface area (Å²) >= 11 is 0. The number of hydrogen-bond donors (Lipinski definition) is 0. The van der Waals surface area contributed by atoms with Crippen LogP contribution in [0.2, 0.25) is 0 Å². The number of rotatable bonds is 3. The highest BCUT2D eigenvalue weighted by atomic mass is 16.5. The van der Waals surface area contributed by atoms with E-state index in [1.165, 1.54) is 7.11 Å². The molecule has 0 spiro atoms. The number of aromatic nitrogens is 1. The quantitative estimate of drug-likeness (QED) is 0.786. The van der Waals surface area contributed by atoms with E-state index in [4.69, 9.17) is 4.74 Å². The van der Waals surface area contributed by atoms with Crippen molar-refractivity contribution < 1.29 is 9.53 Å². The zero-order valence-electron chi connectivity index (χ0n) is 11.4. The van der Waals surface area contributed by atoms with Gasteiger partial charge in [0.15, 0.2) is 0 Å². The van der Waals surface area contributed by atoms with Crippen LogP contribution in [0.4, 0.5) is 0 Å². The van der Waals surface area contributed by atoms with Gasteiger partial charge in [-0.2, -0.15) is 0 Å². The molecule has 0 aliphatic heterocycles. The van der Waals surface area contributed by atoms with Gasteiger partial charge in [0.25, 0.3) is 0 Å². The molecule has 3 heteroatoms. The fourth-order valence-electron chi connectivity index (χ4n) is 1.89. The molecule has 0 fully saturated rings. The van der Waals surface area contributed by atoms with Crippen molar-refractivity contribution in [3.8, 4) is 11.1 Å². The van der Waals surface area contributed by atoms with Gasteiger partial charge in [-0.15, -0.1) is 0 Å². The molecular formula is C16H17NO2. The van der Waals surface area contributed by atoms with E-state index in [0.29, 0.717) is 11.5 Å². The lowest BCUT2D eigenvalue weighted by atomic mass is 10.0. The van der Waals surface area contributed by atoms with Gasteiger partial charge in [-0.05, 0) is 41.3 Å². The number of pyridine rings is 1. The van der Waals surface area contributed by atoms with E-state index in [2.05, 4.69) is 24.9 Å². The number of hydrogen-bond acceptors (Lipinski definition) is 3. The van der Waals surface area contributed by atoms with Crippen LogP contribution in [0.5, 0.6) is 0 Å². The molecule has 0 saturated carbocycles. The minimum Gasteiger partial charge on any atom is -0.465 e. The van der Waals surface area contributed by atoms with Gasteiger partial charge in [0.2, 0.25) is 0 Å². The van der Waals surface area contributed by atoms with Crippen molar-refractivity contribution in [3.05, 3.63) is 53.9 Å².